The topological polar surface area (TPSA) is 88.6 Å². The molecule has 2 fully saturated rings. The third-order valence-electron chi connectivity index (χ3n) is 3.65. The van der Waals surface area contributed by atoms with Crippen molar-refractivity contribution in [3.8, 4) is 0 Å². The molecule has 0 bridgehead atoms. The summed E-state index contributed by atoms with van der Waals surface area (Å²) in [7, 11) is 0. The van der Waals surface area contributed by atoms with Gasteiger partial charge in [0.2, 0.25) is 0 Å². The highest BCUT2D eigenvalue weighted by Crippen LogP contribution is 2.38. The van der Waals surface area contributed by atoms with Gasteiger partial charge in [-0.05, 0) is 19.3 Å². The fraction of sp³-hybridized carbons (Fsp3) is 0.583. The van der Waals surface area contributed by atoms with Crippen molar-refractivity contribution in [1.82, 2.24) is 9.47 Å². The Balaban J connectivity index is 1.90. The van der Waals surface area contributed by atoms with Crippen LogP contribution in [-0.2, 0) is 0 Å². The Labute approximate surface area is 109 Å². The maximum Gasteiger partial charge on any atom is 0.287 e. The molecule has 2 heterocycles. The number of aliphatic hydroxyl groups is 1. The van der Waals surface area contributed by atoms with Gasteiger partial charge in [0.05, 0.1) is 17.2 Å². The predicted molar refractivity (Wildman–Crippen MR) is 65.9 cm³/mol. The molecule has 1 aromatic rings. The third kappa shape index (κ3) is 2.21. The summed E-state index contributed by atoms with van der Waals surface area (Å²) in [6.07, 6.45) is 3.43. The molecule has 1 amide bonds. The quantitative estimate of drug-likeness (QED) is 0.650. The van der Waals surface area contributed by atoms with Gasteiger partial charge in [0.1, 0.15) is 5.69 Å². The summed E-state index contributed by atoms with van der Waals surface area (Å²) in [5.41, 5.74) is 0.318. The van der Waals surface area contributed by atoms with Gasteiger partial charge in [-0.2, -0.15) is 0 Å². The molecular weight excluding hydrogens is 250 g/mol. The zero-order valence-electron chi connectivity index (χ0n) is 10.4. The van der Waals surface area contributed by atoms with Crippen LogP contribution in [0.2, 0.25) is 0 Å². The lowest BCUT2D eigenvalue weighted by molar-refractivity contribution is -0.384. The summed E-state index contributed by atoms with van der Waals surface area (Å²) in [5, 5.41) is 20.3. The van der Waals surface area contributed by atoms with E-state index in [0.717, 1.165) is 12.8 Å². The van der Waals surface area contributed by atoms with Crippen molar-refractivity contribution in [3.63, 3.8) is 0 Å². The highest BCUT2D eigenvalue weighted by Gasteiger charge is 2.33. The number of likely N-dealkylation sites (tertiary alicyclic amines) is 1. The third-order valence-corrected chi connectivity index (χ3v) is 3.65. The van der Waals surface area contributed by atoms with Gasteiger partial charge in [0.15, 0.2) is 0 Å². The summed E-state index contributed by atoms with van der Waals surface area (Å²) in [6, 6.07) is 1.55. The zero-order chi connectivity index (χ0) is 13.6. The minimum absolute atomic E-state index is 0.0463. The average Bonchev–Trinajstić information content (AvgIpc) is 2.96. The van der Waals surface area contributed by atoms with Crippen LogP contribution in [0, 0.1) is 10.1 Å². The van der Waals surface area contributed by atoms with Gasteiger partial charge in [0, 0.05) is 25.2 Å². The van der Waals surface area contributed by atoms with E-state index in [2.05, 4.69) is 0 Å². The number of aliphatic hydroxyl groups excluding tert-OH is 1. The number of aromatic nitrogens is 1. The first-order chi connectivity index (χ1) is 9.06. The van der Waals surface area contributed by atoms with E-state index in [0.29, 0.717) is 25.2 Å². The van der Waals surface area contributed by atoms with E-state index in [1.807, 2.05) is 0 Å². The van der Waals surface area contributed by atoms with Crippen LogP contribution in [-0.4, -0.2) is 44.6 Å². The molecule has 0 unspecified atom stereocenters. The summed E-state index contributed by atoms with van der Waals surface area (Å²) in [6.45, 7) is 0.812. The van der Waals surface area contributed by atoms with Crippen molar-refractivity contribution in [1.29, 1.82) is 0 Å². The Hall–Kier alpha value is -1.89. The van der Waals surface area contributed by atoms with Crippen LogP contribution < -0.4 is 0 Å². The minimum Gasteiger partial charge on any atom is -0.391 e. The molecule has 1 aliphatic carbocycles. The van der Waals surface area contributed by atoms with Crippen molar-refractivity contribution < 1.29 is 14.8 Å². The number of β-amino-alcohol motifs (C(OH)–C–C–N with tert-alkyl or cyclic N) is 1. The van der Waals surface area contributed by atoms with Crippen molar-refractivity contribution >= 4 is 11.6 Å². The molecule has 1 atom stereocenters. The minimum atomic E-state index is -0.483. The van der Waals surface area contributed by atoms with Crippen LogP contribution in [0.3, 0.4) is 0 Å². The van der Waals surface area contributed by atoms with Crippen molar-refractivity contribution in [2.75, 3.05) is 13.1 Å². The molecule has 19 heavy (non-hydrogen) atoms. The number of hydrogen-bond acceptors (Lipinski definition) is 4. The van der Waals surface area contributed by atoms with Crippen LogP contribution in [0.4, 0.5) is 5.69 Å². The summed E-state index contributed by atoms with van der Waals surface area (Å²) in [4.78, 5) is 24.3. The summed E-state index contributed by atoms with van der Waals surface area (Å²) < 4.78 is 1.71. The van der Waals surface area contributed by atoms with E-state index in [4.69, 9.17) is 0 Å². The standard InChI is InChI=1S/C12H15N3O4/c16-10-3-4-13(7-10)12(17)11-5-9(15(18)19)6-14(11)8-1-2-8/h5-6,8,10,16H,1-4,7H2/t10-/m1/s1. The fourth-order valence-electron chi connectivity index (χ4n) is 2.48. The van der Waals surface area contributed by atoms with Crippen LogP contribution in [0.1, 0.15) is 35.8 Å². The van der Waals surface area contributed by atoms with Gasteiger partial charge in [-0.1, -0.05) is 0 Å². The number of hydrogen-bond donors (Lipinski definition) is 1. The molecule has 7 heteroatoms. The van der Waals surface area contributed by atoms with Crippen LogP contribution in [0.25, 0.3) is 0 Å². The molecule has 1 saturated carbocycles. The highest BCUT2D eigenvalue weighted by atomic mass is 16.6. The molecule has 0 aromatic carbocycles. The highest BCUT2D eigenvalue weighted by molar-refractivity contribution is 5.94. The first-order valence-corrected chi connectivity index (χ1v) is 6.40. The Morgan fingerprint density at radius 2 is 2.16 bits per heavy atom. The van der Waals surface area contributed by atoms with Crippen molar-refractivity contribution in [2.45, 2.75) is 31.4 Å². The summed E-state index contributed by atoms with van der Waals surface area (Å²) >= 11 is 0. The Morgan fingerprint density at radius 3 is 2.68 bits per heavy atom. The maximum atomic E-state index is 12.4. The van der Waals surface area contributed by atoms with E-state index in [1.165, 1.54) is 12.3 Å². The van der Waals surface area contributed by atoms with E-state index in [1.54, 1.807) is 9.47 Å². The number of amides is 1. The van der Waals surface area contributed by atoms with Gasteiger partial charge in [-0.25, -0.2) is 0 Å². The Kier molecular flexibility index (Phi) is 2.78. The van der Waals surface area contributed by atoms with Crippen molar-refractivity contribution in [2.24, 2.45) is 0 Å². The van der Waals surface area contributed by atoms with E-state index in [9.17, 15) is 20.0 Å². The number of rotatable bonds is 3. The number of carbonyl (C=O) groups excluding carboxylic acids is 1. The largest absolute Gasteiger partial charge is 0.391 e. The van der Waals surface area contributed by atoms with Gasteiger partial charge >= 0.3 is 0 Å². The molecule has 1 N–H and O–H groups in total. The monoisotopic (exact) mass is 265 g/mol. The smallest absolute Gasteiger partial charge is 0.287 e. The second-order valence-corrected chi connectivity index (χ2v) is 5.17. The van der Waals surface area contributed by atoms with Crippen LogP contribution >= 0.6 is 0 Å². The Morgan fingerprint density at radius 1 is 1.42 bits per heavy atom. The lowest BCUT2D eigenvalue weighted by Crippen LogP contribution is -2.31. The lowest BCUT2D eigenvalue weighted by Gasteiger charge is -2.16. The molecule has 1 aliphatic heterocycles. The van der Waals surface area contributed by atoms with E-state index < -0.39 is 11.0 Å². The van der Waals surface area contributed by atoms with E-state index in [-0.39, 0.29) is 17.6 Å². The van der Waals surface area contributed by atoms with Crippen LogP contribution in [0.5, 0.6) is 0 Å². The SMILES string of the molecule is O=C(c1cc([N+](=O)[O-])cn1C1CC1)N1CC[C@@H](O)C1. The molecule has 3 rings (SSSR count). The van der Waals surface area contributed by atoms with Crippen molar-refractivity contribution in [3.05, 3.63) is 28.1 Å². The molecular formula is C12H15N3O4. The second kappa shape index (κ2) is 4.34. The molecule has 0 radical (unpaired) electrons. The lowest BCUT2D eigenvalue weighted by atomic mass is 10.3. The maximum absolute atomic E-state index is 12.4. The molecule has 1 aromatic heterocycles. The normalized spacial score (nSPS) is 22.8. The molecule has 2 aliphatic rings. The molecule has 102 valence electrons. The number of nitro groups is 1. The van der Waals surface area contributed by atoms with Gasteiger partial charge < -0.3 is 14.6 Å². The predicted octanol–water partition coefficient (Wildman–Crippen LogP) is 0.938. The van der Waals surface area contributed by atoms with Gasteiger partial charge in [0.25, 0.3) is 11.6 Å². The van der Waals surface area contributed by atoms with E-state index >= 15 is 0 Å². The van der Waals surface area contributed by atoms with Gasteiger partial charge in [-0.15, -0.1) is 0 Å². The first kappa shape index (κ1) is 12.2. The number of nitrogens with zero attached hydrogens (tertiary/aromatic N) is 3. The second-order valence-electron chi connectivity index (χ2n) is 5.17. The fourth-order valence-corrected chi connectivity index (χ4v) is 2.48. The number of carbonyl (C=O) groups is 1. The van der Waals surface area contributed by atoms with Crippen LogP contribution in [0.15, 0.2) is 12.3 Å². The molecule has 0 spiro atoms. The summed E-state index contributed by atoms with van der Waals surface area (Å²) in [5.74, 6) is -0.225. The zero-order valence-corrected chi connectivity index (χ0v) is 10.4. The average molecular weight is 265 g/mol. The first-order valence-electron chi connectivity index (χ1n) is 6.40. The molecule has 1 saturated heterocycles. The molecule has 7 nitrogen and oxygen atoms in total. The Bertz CT molecular complexity index is 535. The van der Waals surface area contributed by atoms with Gasteiger partial charge in [-0.3, -0.25) is 14.9 Å².